The summed E-state index contributed by atoms with van der Waals surface area (Å²) < 4.78 is 0. The molecule has 2 bridgehead atoms. The molecule has 0 aromatic rings. The Morgan fingerprint density at radius 2 is 2.06 bits per heavy atom. The molecule has 0 aromatic heterocycles. The number of nitrogens with one attached hydrogen (secondary N) is 1. The minimum atomic E-state index is 0.0486. The minimum absolute atomic E-state index is 0.0486. The van der Waals surface area contributed by atoms with Crippen molar-refractivity contribution in [3.63, 3.8) is 0 Å². The average Bonchev–Trinajstić information content (AvgIpc) is 2.84. The molecule has 2 nitrogen and oxygen atoms in total. The Morgan fingerprint density at radius 1 is 1.33 bits per heavy atom. The van der Waals surface area contributed by atoms with Crippen molar-refractivity contribution < 1.29 is 4.79 Å². The summed E-state index contributed by atoms with van der Waals surface area (Å²) in [6.45, 7) is 7.16. The highest BCUT2D eigenvalue weighted by molar-refractivity contribution is 6.20. The molecule has 0 radical (unpaired) electrons. The topological polar surface area (TPSA) is 29.1 Å². The Kier molecular flexibility index (Phi) is 4.25. The van der Waals surface area contributed by atoms with Crippen molar-refractivity contribution in [1.82, 2.24) is 5.32 Å². The Hall–Kier alpha value is -0.240. The van der Waals surface area contributed by atoms with Gasteiger partial charge in [-0.1, -0.05) is 27.2 Å². The highest BCUT2D eigenvalue weighted by Gasteiger charge is 2.42. The smallest absolute Gasteiger partial charge is 0.223 e. The van der Waals surface area contributed by atoms with Crippen molar-refractivity contribution in [2.24, 2.45) is 23.2 Å². The van der Waals surface area contributed by atoms with Gasteiger partial charge in [-0.25, -0.2) is 0 Å². The normalized spacial score (nSPS) is 32.6. The number of halogens is 1. The van der Waals surface area contributed by atoms with Gasteiger partial charge in [0.2, 0.25) is 5.91 Å². The minimum Gasteiger partial charge on any atom is -0.354 e. The van der Waals surface area contributed by atoms with Gasteiger partial charge in [-0.15, -0.1) is 11.6 Å². The summed E-state index contributed by atoms with van der Waals surface area (Å²) >= 11 is 6.28. The largest absolute Gasteiger partial charge is 0.354 e. The molecule has 2 fully saturated rings. The lowest BCUT2D eigenvalue weighted by Crippen LogP contribution is -2.37. The lowest BCUT2D eigenvalue weighted by molar-refractivity contribution is -0.126. The van der Waals surface area contributed by atoms with E-state index in [4.69, 9.17) is 11.6 Å². The Balaban J connectivity index is 1.72. The molecule has 3 heteroatoms. The second kappa shape index (κ2) is 5.40. The van der Waals surface area contributed by atoms with Gasteiger partial charge < -0.3 is 5.32 Å². The van der Waals surface area contributed by atoms with Crippen LogP contribution in [-0.2, 0) is 4.79 Å². The molecule has 18 heavy (non-hydrogen) atoms. The van der Waals surface area contributed by atoms with E-state index in [1.165, 1.54) is 19.3 Å². The zero-order valence-corrected chi connectivity index (χ0v) is 12.6. The van der Waals surface area contributed by atoms with E-state index in [0.29, 0.717) is 12.5 Å². The van der Waals surface area contributed by atoms with Crippen molar-refractivity contribution in [3.05, 3.63) is 0 Å². The quantitative estimate of drug-likeness (QED) is 0.778. The molecule has 1 N–H and O–H groups in total. The van der Waals surface area contributed by atoms with Crippen LogP contribution in [-0.4, -0.2) is 17.8 Å². The molecule has 2 saturated carbocycles. The Labute approximate surface area is 116 Å². The number of carbonyl (C=O) groups is 1. The molecule has 0 heterocycles. The van der Waals surface area contributed by atoms with E-state index < -0.39 is 0 Å². The zero-order valence-electron chi connectivity index (χ0n) is 11.8. The molecule has 0 spiro atoms. The summed E-state index contributed by atoms with van der Waals surface area (Å²) in [5, 5.41) is 3.11. The first-order chi connectivity index (χ1) is 8.35. The first-order valence-corrected chi connectivity index (χ1v) is 7.70. The molecular formula is C15H26ClNO. The van der Waals surface area contributed by atoms with E-state index in [0.717, 1.165) is 18.8 Å². The predicted molar refractivity (Wildman–Crippen MR) is 75.7 cm³/mol. The van der Waals surface area contributed by atoms with Gasteiger partial charge in [0.05, 0.1) is 5.38 Å². The number of rotatable bonds is 4. The van der Waals surface area contributed by atoms with Crippen molar-refractivity contribution >= 4 is 17.5 Å². The van der Waals surface area contributed by atoms with E-state index in [9.17, 15) is 4.79 Å². The fraction of sp³-hybridized carbons (Fsp3) is 0.933. The van der Waals surface area contributed by atoms with E-state index in [1.54, 1.807) is 0 Å². The van der Waals surface area contributed by atoms with E-state index in [-0.39, 0.29) is 22.6 Å². The van der Waals surface area contributed by atoms with Gasteiger partial charge in [-0.3, -0.25) is 4.79 Å². The highest BCUT2D eigenvalue weighted by Crippen LogP contribution is 2.48. The van der Waals surface area contributed by atoms with E-state index >= 15 is 0 Å². The molecule has 2 aliphatic carbocycles. The molecule has 2 rings (SSSR count). The third-order valence-electron chi connectivity index (χ3n) is 4.41. The number of fused-ring (bicyclic) bond motifs is 2. The van der Waals surface area contributed by atoms with Gasteiger partial charge in [0.1, 0.15) is 0 Å². The van der Waals surface area contributed by atoms with Crippen molar-refractivity contribution in [1.29, 1.82) is 0 Å². The predicted octanol–water partition coefficient (Wildman–Crippen LogP) is 3.58. The molecule has 104 valence electrons. The second-order valence-electron chi connectivity index (χ2n) is 7.39. The van der Waals surface area contributed by atoms with E-state index in [1.807, 2.05) is 0 Å². The van der Waals surface area contributed by atoms with Crippen LogP contribution in [0.2, 0.25) is 0 Å². The zero-order chi connectivity index (χ0) is 13.3. The van der Waals surface area contributed by atoms with Gasteiger partial charge in [0.25, 0.3) is 0 Å². The lowest BCUT2D eigenvalue weighted by Gasteiger charge is -2.24. The van der Waals surface area contributed by atoms with Crippen LogP contribution < -0.4 is 5.32 Å². The molecule has 0 aromatic carbocycles. The standard InChI is InChI=1S/C15H26ClNO/c1-15(2,3)8-12(16)9-17-14(18)13-7-10-4-5-11(13)6-10/h10-13H,4-9H2,1-3H3,(H,17,18). The maximum atomic E-state index is 12.1. The third-order valence-corrected chi connectivity index (χ3v) is 4.72. The first-order valence-electron chi connectivity index (χ1n) is 7.27. The number of hydrogen-bond acceptors (Lipinski definition) is 1. The maximum Gasteiger partial charge on any atom is 0.223 e. The summed E-state index contributed by atoms with van der Waals surface area (Å²) in [5.74, 6) is 2.02. The summed E-state index contributed by atoms with van der Waals surface area (Å²) in [5.41, 5.74) is 0.226. The number of hydrogen-bond donors (Lipinski definition) is 1. The average molecular weight is 272 g/mol. The summed E-state index contributed by atoms with van der Waals surface area (Å²) in [4.78, 5) is 12.1. The lowest BCUT2D eigenvalue weighted by atomic mass is 9.88. The van der Waals surface area contributed by atoms with Gasteiger partial charge in [-0.05, 0) is 42.9 Å². The third kappa shape index (κ3) is 3.63. The number of alkyl halides is 1. The molecular weight excluding hydrogens is 246 g/mol. The Bertz CT molecular complexity index is 310. The van der Waals surface area contributed by atoms with Gasteiger partial charge in [0.15, 0.2) is 0 Å². The van der Waals surface area contributed by atoms with Gasteiger partial charge in [-0.2, -0.15) is 0 Å². The van der Waals surface area contributed by atoms with Crippen LogP contribution in [0, 0.1) is 23.2 Å². The van der Waals surface area contributed by atoms with Crippen LogP contribution in [0.5, 0.6) is 0 Å². The summed E-state index contributed by atoms with van der Waals surface area (Å²) in [7, 11) is 0. The first kappa shape index (κ1) is 14.2. The van der Waals surface area contributed by atoms with Crippen LogP contribution in [0.15, 0.2) is 0 Å². The van der Waals surface area contributed by atoms with Crippen LogP contribution in [0.4, 0.5) is 0 Å². The molecule has 2 aliphatic rings. The fourth-order valence-corrected chi connectivity index (χ4v) is 4.18. The molecule has 0 saturated heterocycles. The van der Waals surface area contributed by atoms with Crippen LogP contribution in [0.3, 0.4) is 0 Å². The monoisotopic (exact) mass is 271 g/mol. The second-order valence-corrected chi connectivity index (χ2v) is 8.01. The molecule has 1 amide bonds. The van der Waals surface area contributed by atoms with Crippen molar-refractivity contribution in [2.45, 2.75) is 58.3 Å². The summed E-state index contributed by atoms with van der Waals surface area (Å²) in [6, 6.07) is 0. The highest BCUT2D eigenvalue weighted by atomic mass is 35.5. The van der Waals surface area contributed by atoms with Gasteiger partial charge in [0, 0.05) is 12.5 Å². The fourth-order valence-electron chi connectivity index (χ4n) is 3.64. The van der Waals surface area contributed by atoms with Gasteiger partial charge >= 0.3 is 0 Å². The molecule has 0 aliphatic heterocycles. The molecule has 4 unspecified atom stereocenters. The summed E-state index contributed by atoms with van der Waals surface area (Å²) in [6.07, 6.45) is 5.93. The van der Waals surface area contributed by atoms with Crippen molar-refractivity contribution in [2.75, 3.05) is 6.54 Å². The van der Waals surface area contributed by atoms with Crippen LogP contribution in [0.25, 0.3) is 0 Å². The van der Waals surface area contributed by atoms with Crippen molar-refractivity contribution in [3.8, 4) is 0 Å². The molecule has 4 atom stereocenters. The Morgan fingerprint density at radius 3 is 2.56 bits per heavy atom. The van der Waals surface area contributed by atoms with Crippen LogP contribution in [0.1, 0.15) is 52.9 Å². The number of amides is 1. The van der Waals surface area contributed by atoms with Crippen LogP contribution >= 0.6 is 11.6 Å². The maximum absolute atomic E-state index is 12.1. The van der Waals surface area contributed by atoms with E-state index in [2.05, 4.69) is 26.1 Å². The SMILES string of the molecule is CC(C)(C)CC(Cl)CNC(=O)C1CC2CCC1C2. The number of carbonyl (C=O) groups excluding carboxylic acids is 1.